The molecule has 0 bridgehead atoms. The number of sulfonamides is 1. The van der Waals surface area contributed by atoms with Crippen molar-refractivity contribution in [1.29, 1.82) is 0 Å². The Kier molecular flexibility index (Phi) is 6.06. The molecule has 26 heavy (non-hydrogen) atoms. The van der Waals surface area contributed by atoms with Gasteiger partial charge in [0.2, 0.25) is 10.0 Å². The summed E-state index contributed by atoms with van der Waals surface area (Å²) >= 11 is 0. The van der Waals surface area contributed by atoms with E-state index in [1.54, 1.807) is 12.1 Å². The molecule has 0 aliphatic heterocycles. The van der Waals surface area contributed by atoms with E-state index in [0.29, 0.717) is 11.5 Å². The van der Waals surface area contributed by atoms with E-state index in [4.69, 9.17) is 10.5 Å². The summed E-state index contributed by atoms with van der Waals surface area (Å²) in [6.45, 7) is 0. The number of nitrogens with two attached hydrogens (primary N) is 1. The van der Waals surface area contributed by atoms with Gasteiger partial charge >= 0.3 is 0 Å². The quantitative estimate of drug-likeness (QED) is 0.681. The summed E-state index contributed by atoms with van der Waals surface area (Å²) < 4.78 is 32.7. The number of halogens is 1. The lowest BCUT2D eigenvalue weighted by molar-refractivity contribution is 0.102. The molecule has 1 saturated carbocycles. The maximum atomic E-state index is 12.5. The van der Waals surface area contributed by atoms with Gasteiger partial charge in [-0.05, 0) is 43.2 Å². The Labute approximate surface area is 157 Å². The zero-order valence-electron chi connectivity index (χ0n) is 13.9. The van der Waals surface area contributed by atoms with E-state index in [0.717, 1.165) is 12.8 Å². The van der Waals surface area contributed by atoms with E-state index in [2.05, 4.69) is 15.0 Å². The van der Waals surface area contributed by atoms with E-state index in [9.17, 15) is 13.2 Å². The topological polar surface area (TPSA) is 123 Å². The number of carbonyl (C=O) groups excluding carboxylic acids is 1. The van der Waals surface area contributed by atoms with Gasteiger partial charge in [-0.3, -0.25) is 4.79 Å². The Morgan fingerprint density at radius 2 is 2.00 bits per heavy atom. The molecule has 2 aromatic rings. The molecular formula is C16H19ClN4O4S. The lowest BCUT2D eigenvalue weighted by atomic mass is 10.2. The highest BCUT2D eigenvalue weighted by Crippen LogP contribution is 2.28. The Hall–Kier alpha value is -2.36. The molecule has 1 amide bonds. The SMILES string of the molecule is COc1ccc(C(=O)Nc2ccc(N)nc2)cc1S(=O)(=O)NC1CC1.Cl. The predicted octanol–water partition coefficient (Wildman–Crippen LogP) is 1.79. The number of anilines is 2. The summed E-state index contributed by atoms with van der Waals surface area (Å²) in [5, 5.41) is 2.64. The number of hydrogen-bond acceptors (Lipinski definition) is 6. The standard InChI is InChI=1S/C16H18N4O4S.ClH/c1-24-13-6-2-10(8-14(13)25(22,23)20-11-3-4-11)16(21)19-12-5-7-15(17)18-9-12;/h2,5-9,11,20H,3-4H2,1H3,(H2,17,18)(H,19,21);1H. The average Bonchev–Trinajstić information content (AvgIpc) is 3.39. The molecule has 1 aliphatic carbocycles. The highest BCUT2D eigenvalue weighted by Gasteiger charge is 2.30. The molecular weight excluding hydrogens is 380 g/mol. The molecule has 3 rings (SSSR count). The van der Waals surface area contributed by atoms with Crippen LogP contribution in [0.25, 0.3) is 0 Å². The molecule has 10 heteroatoms. The Morgan fingerprint density at radius 1 is 1.27 bits per heavy atom. The van der Waals surface area contributed by atoms with E-state index in [1.165, 1.54) is 31.5 Å². The van der Waals surface area contributed by atoms with Crippen LogP contribution in [0.2, 0.25) is 0 Å². The number of nitrogens with zero attached hydrogens (tertiary/aromatic N) is 1. The fraction of sp³-hybridized carbons (Fsp3) is 0.250. The number of nitrogen functional groups attached to an aromatic ring is 1. The zero-order chi connectivity index (χ0) is 18.0. The van der Waals surface area contributed by atoms with Crippen LogP contribution in [0.3, 0.4) is 0 Å². The minimum absolute atomic E-state index is 0. The van der Waals surface area contributed by atoms with Gasteiger partial charge in [0.25, 0.3) is 5.91 Å². The van der Waals surface area contributed by atoms with E-state index in [1.807, 2.05) is 0 Å². The first-order valence-electron chi connectivity index (χ1n) is 7.62. The number of amides is 1. The van der Waals surface area contributed by atoms with Gasteiger partial charge in [-0.25, -0.2) is 18.1 Å². The smallest absolute Gasteiger partial charge is 0.255 e. The van der Waals surface area contributed by atoms with Gasteiger partial charge in [-0.1, -0.05) is 0 Å². The first kappa shape index (κ1) is 20.0. The summed E-state index contributed by atoms with van der Waals surface area (Å²) in [6, 6.07) is 7.36. The van der Waals surface area contributed by atoms with Crippen LogP contribution in [-0.2, 0) is 10.0 Å². The van der Waals surface area contributed by atoms with Crippen molar-refractivity contribution in [1.82, 2.24) is 9.71 Å². The van der Waals surface area contributed by atoms with Crippen molar-refractivity contribution >= 4 is 39.8 Å². The number of aromatic nitrogens is 1. The van der Waals surface area contributed by atoms with Gasteiger partial charge in [-0.15, -0.1) is 12.4 Å². The van der Waals surface area contributed by atoms with Crippen molar-refractivity contribution in [3.8, 4) is 5.75 Å². The molecule has 0 unspecified atom stereocenters. The van der Waals surface area contributed by atoms with Gasteiger partial charge in [0.15, 0.2) is 0 Å². The molecule has 1 fully saturated rings. The van der Waals surface area contributed by atoms with Crippen molar-refractivity contribution in [2.45, 2.75) is 23.8 Å². The monoisotopic (exact) mass is 398 g/mol. The average molecular weight is 399 g/mol. The van der Waals surface area contributed by atoms with Crippen molar-refractivity contribution in [3.05, 3.63) is 42.1 Å². The largest absolute Gasteiger partial charge is 0.495 e. The van der Waals surface area contributed by atoms with Gasteiger partial charge in [0.05, 0.1) is 19.0 Å². The fourth-order valence-electron chi connectivity index (χ4n) is 2.19. The molecule has 0 spiro atoms. The second kappa shape index (κ2) is 7.90. The van der Waals surface area contributed by atoms with Crippen LogP contribution in [0.15, 0.2) is 41.4 Å². The maximum absolute atomic E-state index is 12.5. The van der Waals surface area contributed by atoms with Crippen molar-refractivity contribution < 1.29 is 17.9 Å². The van der Waals surface area contributed by atoms with Crippen LogP contribution < -0.4 is 20.5 Å². The summed E-state index contributed by atoms with van der Waals surface area (Å²) in [5.74, 6) is 0.0536. The lowest BCUT2D eigenvalue weighted by Gasteiger charge is -2.12. The minimum atomic E-state index is -3.76. The number of nitrogens with one attached hydrogen (secondary N) is 2. The number of pyridine rings is 1. The van der Waals surface area contributed by atoms with Crippen molar-refractivity contribution in [2.24, 2.45) is 0 Å². The Bertz CT molecular complexity index is 899. The van der Waals surface area contributed by atoms with Gasteiger partial charge in [0, 0.05) is 11.6 Å². The van der Waals surface area contributed by atoms with Crippen molar-refractivity contribution in [2.75, 3.05) is 18.2 Å². The third kappa shape index (κ3) is 4.63. The van der Waals surface area contributed by atoms with Gasteiger partial charge in [-0.2, -0.15) is 0 Å². The number of rotatable bonds is 6. The van der Waals surface area contributed by atoms with Crippen LogP contribution in [-0.4, -0.2) is 32.5 Å². The maximum Gasteiger partial charge on any atom is 0.255 e. The Morgan fingerprint density at radius 3 is 2.58 bits per heavy atom. The summed E-state index contributed by atoms with van der Waals surface area (Å²) in [7, 11) is -2.38. The molecule has 0 atom stereocenters. The number of methoxy groups -OCH3 is 1. The van der Waals surface area contributed by atoms with Crippen LogP contribution >= 0.6 is 12.4 Å². The normalized spacial score (nSPS) is 13.6. The van der Waals surface area contributed by atoms with E-state index < -0.39 is 15.9 Å². The molecule has 0 radical (unpaired) electrons. The minimum Gasteiger partial charge on any atom is -0.495 e. The third-order valence-corrected chi connectivity index (χ3v) is 5.20. The first-order valence-corrected chi connectivity index (χ1v) is 9.10. The summed E-state index contributed by atoms with van der Waals surface area (Å²) in [6.07, 6.45) is 3.04. The molecule has 4 N–H and O–H groups in total. The van der Waals surface area contributed by atoms with Crippen LogP contribution in [0, 0.1) is 0 Å². The zero-order valence-corrected chi connectivity index (χ0v) is 15.6. The van der Waals surface area contributed by atoms with Crippen LogP contribution in [0.5, 0.6) is 5.75 Å². The van der Waals surface area contributed by atoms with Crippen LogP contribution in [0.1, 0.15) is 23.2 Å². The van der Waals surface area contributed by atoms with Crippen molar-refractivity contribution in [3.63, 3.8) is 0 Å². The molecule has 1 aromatic carbocycles. The van der Waals surface area contributed by atoms with E-state index in [-0.39, 0.29) is 34.7 Å². The van der Waals surface area contributed by atoms with Gasteiger partial charge in [0.1, 0.15) is 16.5 Å². The summed E-state index contributed by atoms with van der Waals surface area (Å²) in [4.78, 5) is 16.2. The van der Waals surface area contributed by atoms with E-state index >= 15 is 0 Å². The summed E-state index contributed by atoms with van der Waals surface area (Å²) in [5.41, 5.74) is 6.14. The van der Waals surface area contributed by atoms with Crippen LogP contribution in [0.4, 0.5) is 11.5 Å². The van der Waals surface area contributed by atoms with Gasteiger partial charge < -0.3 is 15.8 Å². The molecule has 1 aromatic heterocycles. The Balaban J connectivity index is 0.00000243. The first-order chi connectivity index (χ1) is 11.9. The number of benzene rings is 1. The molecule has 0 saturated heterocycles. The fourth-order valence-corrected chi connectivity index (χ4v) is 3.69. The lowest BCUT2D eigenvalue weighted by Crippen LogP contribution is -2.26. The third-order valence-electron chi connectivity index (χ3n) is 3.66. The number of hydrogen-bond donors (Lipinski definition) is 3. The molecule has 140 valence electrons. The number of carbonyl (C=O) groups is 1. The predicted molar refractivity (Wildman–Crippen MR) is 100 cm³/mol. The second-order valence-corrected chi connectivity index (χ2v) is 7.37. The second-order valence-electron chi connectivity index (χ2n) is 5.69. The highest BCUT2D eigenvalue weighted by atomic mass is 35.5. The molecule has 1 aliphatic rings. The number of ether oxygens (including phenoxy) is 1. The highest BCUT2D eigenvalue weighted by molar-refractivity contribution is 7.89. The molecule has 1 heterocycles. The molecule has 8 nitrogen and oxygen atoms in total.